The number of aryl methyl sites for hydroxylation is 1. The van der Waals surface area contributed by atoms with Gasteiger partial charge in [0.05, 0.1) is 0 Å². The average molecular weight is 376 g/mol. The third-order valence-corrected chi connectivity index (χ3v) is 4.02. The first-order valence-corrected chi connectivity index (χ1v) is 8.00. The van der Waals surface area contributed by atoms with Gasteiger partial charge in [-0.3, -0.25) is 4.79 Å². The molecule has 0 spiro atoms. The molecule has 0 heterocycles. The second kappa shape index (κ2) is 8.33. The summed E-state index contributed by atoms with van der Waals surface area (Å²) < 4.78 is 0.936. The van der Waals surface area contributed by atoms with Gasteiger partial charge in [0.15, 0.2) is 0 Å². The average Bonchev–Trinajstić information content (AvgIpc) is 2.55. The maximum Gasteiger partial charge on any atom is 0.319 e. The van der Waals surface area contributed by atoms with Crippen molar-refractivity contribution in [3.63, 3.8) is 0 Å². The molecular formula is C17H18BrN3O2. The molecule has 0 saturated heterocycles. The molecule has 0 aliphatic rings. The molecule has 5 nitrogen and oxygen atoms in total. The molecule has 0 saturated carbocycles. The largest absolute Gasteiger partial charge is 0.350 e. The number of carbonyl (C=O) groups excluding carboxylic acids is 2. The molecule has 3 N–H and O–H groups in total. The minimum Gasteiger partial charge on any atom is -0.350 e. The van der Waals surface area contributed by atoms with Gasteiger partial charge < -0.3 is 16.0 Å². The van der Waals surface area contributed by atoms with Crippen LogP contribution in [0, 0.1) is 6.92 Å². The smallest absolute Gasteiger partial charge is 0.319 e. The van der Waals surface area contributed by atoms with Gasteiger partial charge in [-0.1, -0.05) is 40.2 Å². The molecule has 0 unspecified atom stereocenters. The van der Waals surface area contributed by atoms with Gasteiger partial charge in [0, 0.05) is 28.8 Å². The molecule has 6 heteroatoms. The Hall–Kier alpha value is -2.34. The number of hydrogen-bond acceptors (Lipinski definition) is 2. The van der Waals surface area contributed by atoms with Crippen LogP contribution in [-0.4, -0.2) is 25.0 Å². The third-order valence-electron chi connectivity index (χ3n) is 3.16. The second-order valence-corrected chi connectivity index (χ2v) is 5.82. The van der Waals surface area contributed by atoms with Crippen molar-refractivity contribution in [1.82, 2.24) is 10.6 Å². The lowest BCUT2D eigenvalue weighted by atomic mass is 10.2. The predicted octanol–water partition coefficient (Wildman–Crippen LogP) is 3.31. The van der Waals surface area contributed by atoms with E-state index in [-0.39, 0.29) is 11.9 Å². The minimum absolute atomic E-state index is 0.157. The summed E-state index contributed by atoms with van der Waals surface area (Å²) in [6.07, 6.45) is 0. The lowest BCUT2D eigenvalue weighted by Crippen LogP contribution is -2.36. The van der Waals surface area contributed by atoms with Gasteiger partial charge in [-0.2, -0.15) is 0 Å². The van der Waals surface area contributed by atoms with Crippen molar-refractivity contribution in [1.29, 1.82) is 0 Å². The summed E-state index contributed by atoms with van der Waals surface area (Å²) in [6.45, 7) is 2.68. The lowest BCUT2D eigenvalue weighted by molar-refractivity contribution is 0.0954. The fourth-order valence-corrected chi connectivity index (χ4v) is 2.27. The van der Waals surface area contributed by atoms with E-state index in [0.717, 1.165) is 10.0 Å². The van der Waals surface area contributed by atoms with Crippen molar-refractivity contribution < 1.29 is 9.59 Å². The molecule has 2 rings (SSSR count). The predicted molar refractivity (Wildman–Crippen MR) is 94.7 cm³/mol. The minimum atomic E-state index is -0.310. The van der Waals surface area contributed by atoms with E-state index in [1.54, 1.807) is 24.3 Å². The van der Waals surface area contributed by atoms with Crippen LogP contribution in [0.1, 0.15) is 15.9 Å². The molecule has 0 bridgehead atoms. The van der Waals surface area contributed by atoms with Gasteiger partial charge in [0.2, 0.25) is 0 Å². The normalized spacial score (nSPS) is 10.0. The Labute approximate surface area is 143 Å². The summed E-state index contributed by atoms with van der Waals surface area (Å²) in [7, 11) is 0. The number of amides is 3. The van der Waals surface area contributed by atoms with Crippen LogP contribution in [0.2, 0.25) is 0 Å². The highest BCUT2D eigenvalue weighted by Crippen LogP contribution is 2.20. The Balaban J connectivity index is 1.70. The lowest BCUT2D eigenvalue weighted by Gasteiger charge is -2.09. The van der Waals surface area contributed by atoms with Gasteiger partial charge in [0.1, 0.15) is 0 Å². The van der Waals surface area contributed by atoms with Crippen LogP contribution in [0.25, 0.3) is 0 Å². The Morgan fingerprint density at radius 2 is 1.70 bits per heavy atom. The molecule has 2 aromatic rings. The Kier molecular flexibility index (Phi) is 6.17. The third kappa shape index (κ3) is 5.41. The zero-order chi connectivity index (χ0) is 16.7. The van der Waals surface area contributed by atoms with Gasteiger partial charge in [-0.15, -0.1) is 0 Å². The Bertz CT molecular complexity index is 689. The molecule has 0 fully saturated rings. The van der Waals surface area contributed by atoms with Crippen molar-refractivity contribution in [3.05, 3.63) is 64.1 Å². The summed E-state index contributed by atoms with van der Waals surface area (Å²) in [5.74, 6) is -0.157. The van der Waals surface area contributed by atoms with Crippen LogP contribution in [-0.2, 0) is 0 Å². The number of halogens is 1. The molecule has 0 aromatic heterocycles. The number of carbonyl (C=O) groups is 2. The first kappa shape index (κ1) is 17.0. The Morgan fingerprint density at radius 3 is 2.39 bits per heavy atom. The number of nitrogens with one attached hydrogen (secondary N) is 3. The van der Waals surface area contributed by atoms with E-state index in [2.05, 4.69) is 31.9 Å². The SMILES string of the molecule is Cc1ccc(NC(=O)NCCNC(=O)c2ccccc2)cc1Br. The molecular weight excluding hydrogens is 358 g/mol. The number of anilines is 1. The fourth-order valence-electron chi connectivity index (χ4n) is 1.89. The summed E-state index contributed by atoms with van der Waals surface area (Å²) in [5, 5.41) is 8.17. The van der Waals surface area contributed by atoms with E-state index in [4.69, 9.17) is 0 Å². The van der Waals surface area contributed by atoms with Gasteiger partial charge >= 0.3 is 6.03 Å². The van der Waals surface area contributed by atoms with Crippen LogP contribution in [0.3, 0.4) is 0 Å². The maximum absolute atomic E-state index is 11.8. The van der Waals surface area contributed by atoms with E-state index in [0.29, 0.717) is 24.3 Å². The van der Waals surface area contributed by atoms with Crippen LogP contribution in [0.4, 0.5) is 10.5 Å². The first-order chi connectivity index (χ1) is 11.1. The number of urea groups is 1. The van der Waals surface area contributed by atoms with Crippen LogP contribution in [0.15, 0.2) is 53.0 Å². The highest BCUT2D eigenvalue weighted by molar-refractivity contribution is 9.10. The van der Waals surface area contributed by atoms with E-state index in [1.165, 1.54) is 0 Å². The van der Waals surface area contributed by atoms with E-state index in [1.807, 2.05) is 31.2 Å². The maximum atomic E-state index is 11.8. The van der Waals surface area contributed by atoms with Crippen LogP contribution < -0.4 is 16.0 Å². The van der Waals surface area contributed by atoms with E-state index in [9.17, 15) is 9.59 Å². The van der Waals surface area contributed by atoms with Gasteiger partial charge in [-0.25, -0.2) is 4.79 Å². The standard InChI is InChI=1S/C17H18BrN3O2/c1-12-7-8-14(11-15(12)18)21-17(23)20-10-9-19-16(22)13-5-3-2-4-6-13/h2-8,11H,9-10H2,1H3,(H,19,22)(H2,20,21,23). The van der Waals surface area contributed by atoms with E-state index >= 15 is 0 Å². The summed E-state index contributed by atoms with van der Waals surface area (Å²) >= 11 is 3.42. The molecule has 0 atom stereocenters. The monoisotopic (exact) mass is 375 g/mol. The topological polar surface area (TPSA) is 70.2 Å². The van der Waals surface area contributed by atoms with Crippen molar-refractivity contribution in [2.24, 2.45) is 0 Å². The van der Waals surface area contributed by atoms with Crippen LogP contribution in [0.5, 0.6) is 0 Å². The zero-order valence-corrected chi connectivity index (χ0v) is 14.3. The van der Waals surface area contributed by atoms with Crippen molar-refractivity contribution in [2.75, 3.05) is 18.4 Å². The molecule has 0 aliphatic heterocycles. The highest BCUT2D eigenvalue weighted by atomic mass is 79.9. The summed E-state index contributed by atoms with van der Waals surface area (Å²) in [4.78, 5) is 23.6. The van der Waals surface area contributed by atoms with Crippen molar-refractivity contribution in [3.8, 4) is 0 Å². The molecule has 0 aliphatic carbocycles. The number of rotatable bonds is 5. The first-order valence-electron chi connectivity index (χ1n) is 7.20. The Morgan fingerprint density at radius 1 is 1.00 bits per heavy atom. The molecule has 0 radical (unpaired) electrons. The number of hydrogen-bond donors (Lipinski definition) is 3. The quantitative estimate of drug-likeness (QED) is 0.701. The van der Waals surface area contributed by atoms with E-state index < -0.39 is 0 Å². The van der Waals surface area contributed by atoms with Crippen molar-refractivity contribution >= 4 is 33.6 Å². The molecule has 120 valence electrons. The number of benzene rings is 2. The van der Waals surface area contributed by atoms with Gasteiger partial charge in [0.25, 0.3) is 5.91 Å². The summed E-state index contributed by atoms with van der Waals surface area (Å²) in [6, 6.07) is 14.2. The molecule has 23 heavy (non-hydrogen) atoms. The van der Waals surface area contributed by atoms with Gasteiger partial charge in [-0.05, 0) is 36.8 Å². The molecule has 2 aromatic carbocycles. The van der Waals surface area contributed by atoms with Crippen molar-refractivity contribution in [2.45, 2.75) is 6.92 Å². The van der Waals surface area contributed by atoms with Crippen LogP contribution >= 0.6 is 15.9 Å². The molecule has 3 amide bonds. The zero-order valence-electron chi connectivity index (χ0n) is 12.7. The second-order valence-electron chi connectivity index (χ2n) is 4.97. The fraction of sp³-hybridized carbons (Fsp3) is 0.176. The highest BCUT2D eigenvalue weighted by Gasteiger charge is 2.05. The summed E-state index contributed by atoms with van der Waals surface area (Å²) in [5.41, 5.74) is 2.40.